The van der Waals surface area contributed by atoms with Gasteiger partial charge in [0.25, 0.3) is 5.88 Å². The molecule has 3 heterocycles. The Bertz CT molecular complexity index is 821. The molecule has 4 rings (SSSR count). The van der Waals surface area contributed by atoms with Crippen LogP contribution in [0.5, 0.6) is 5.88 Å². The molecule has 7 nitrogen and oxygen atoms in total. The average Bonchev–Trinajstić information content (AvgIpc) is 3.31. The second kappa shape index (κ2) is 6.27. The quantitative estimate of drug-likeness (QED) is 0.730. The monoisotopic (exact) mass is 323 g/mol. The SMILES string of the molecule is COc1nccnc1N1CCC[C@H]1c1nc(-c2ccccc2)no1. The minimum absolute atomic E-state index is 0.0134. The van der Waals surface area contributed by atoms with E-state index in [0.29, 0.717) is 23.4 Å². The van der Waals surface area contributed by atoms with E-state index in [1.807, 2.05) is 30.3 Å². The zero-order valence-electron chi connectivity index (χ0n) is 13.3. The average molecular weight is 323 g/mol. The highest BCUT2D eigenvalue weighted by atomic mass is 16.5. The Morgan fingerprint density at radius 2 is 2.00 bits per heavy atom. The number of ether oxygens (including phenoxy) is 1. The first kappa shape index (κ1) is 14.6. The Kier molecular flexibility index (Phi) is 3.82. The van der Waals surface area contributed by atoms with Gasteiger partial charge in [-0.05, 0) is 12.8 Å². The molecule has 1 aromatic carbocycles. The summed E-state index contributed by atoms with van der Waals surface area (Å²) in [5.74, 6) is 2.41. The maximum Gasteiger partial charge on any atom is 0.257 e. The van der Waals surface area contributed by atoms with Crippen LogP contribution < -0.4 is 9.64 Å². The number of methoxy groups -OCH3 is 1. The van der Waals surface area contributed by atoms with Gasteiger partial charge in [-0.25, -0.2) is 9.97 Å². The molecule has 0 bridgehead atoms. The number of benzene rings is 1. The molecule has 3 aromatic rings. The Morgan fingerprint density at radius 3 is 2.83 bits per heavy atom. The summed E-state index contributed by atoms with van der Waals surface area (Å²) >= 11 is 0. The first-order valence-corrected chi connectivity index (χ1v) is 7.87. The summed E-state index contributed by atoms with van der Waals surface area (Å²) in [5, 5.41) is 4.12. The van der Waals surface area contributed by atoms with Gasteiger partial charge in [-0.2, -0.15) is 4.98 Å². The van der Waals surface area contributed by atoms with E-state index in [0.717, 1.165) is 24.9 Å². The Balaban J connectivity index is 1.65. The Hall–Kier alpha value is -2.96. The molecule has 1 aliphatic rings. The second-order valence-corrected chi connectivity index (χ2v) is 5.56. The van der Waals surface area contributed by atoms with Crippen molar-refractivity contribution in [1.82, 2.24) is 20.1 Å². The van der Waals surface area contributed by atoms with Crippen LogP contribution in [0.2, 0.25) is 0 Å². The van der Waals surface area contributed by atoms with Crippen LogP contribution in [-0.4, -0.2) is 33.8 Å². The molecular formula is C17H17N5O2. The minimum atomic E-state index is -0.0134. The van der Waals surface area contributed by atoms with Crippen molar-refractivity contribution >= 4 is 5.82 Å². The molecule has 0 unspecified atom stereocenters. The van der Waals surface area contributed by atoms with E-state index in [-0.39, 0.29) is 6.04 Å². The molecule has 0 saturated carbocycles. The fourth-order valence-electron chi connectivity index (χ4n) is 3.01. The van der Waals surface area contributed by atoms with Crippen LogP contribution in [-0.2, 0) is 0 Å². The number of anilines is 1. The van der Waals surface area contributed by atoms with Crippen LogP contribution in [0.15, 0.2) is 47.2 Å². The van der Waals surface area contributed by atoms with Crippen molar-refractivity contribution in [2.24, 2.45) is 0 Å². The minimum Gasteiger partial charge on any atom is -0.478 e. The van der Waals surface area contributed by atoms with Crippen molar-refractivity contribution in [2.45, 2.75) is 18.9 Å². The zero-order valence-corrected chi connectivity index (χ0v) is 13.3. The Labute approximate surface area is 139 Å². The van der Waals surface area contributed by atoms with Gasteiger partial charge in [0.15, 0.2) is 5.82 Å². The molecule has 0 amide bonds. The van der Waals surface area contributed by atoms with E-state index in [2.05, 4.69) is 25.0 Å². The van der Waals surface area contributed by atoms with Gasteiger partial charge in [0.05, 0.1) is 7.11 Å². The summed E-state index contributed by atoms with van der Waals surface area (Å²) in [6, 6.07) is 9.79. The normalized spacial score (nSPS) is 17.2. The fraction of sp³-hybridized carbons (Fsp3) is 0.294. The van der Waals surface area contributed by atoms with Gasteiger partial charge < -0.3 is 14.2 Å². The molecule has 1 fully saturated rings. The van der Waals surface area contributed by atoms with Crippen LogP contribution in [0.25, 0.3) is 11.4 Å². The van der Waals surface area contributed by atoms with Gasteiger partial charge in [-0.15, -0.1) is 0 Å². The molecule has 0 radical (unpaired) electrons. The fourth-order valence-corrected chi connectivity index (χ4v) is 3.01. The Morgan fingerprint density at radius 1 is 1.17 bits per heavy atom. The van der Waals surface area contributed by atoms with Crippen LogP contribution in [0.3, 0.4) is 0 Å². The number of hydrogen-bond donors (Lipinski definition) is 0. The molecule has 7 heteroatoms. The lowest BCUT2D eigenvalue weighted by atomic mass is 10.2. The number of nitrogens with zero attached hydrogens (tertiary/aromatic N) is 5. The number of aromatic nitrogens is 4. The molecule has 24 heavy (non-hydrogen) atoms. The van der Waals surface area contributed by atoms with Crippen molar-refractivity contribution in [3.63, 3.8) is 0 Å². The summed E-state index contributed by atoms with van der Waals surface area (Å²) in [5.41, 5.74) is 0.939. The van der Waals surface area contributed by atoms with E-state index in [4.69, 9.17) is 9.26 Å². The van der Waals surface area contributed by atoms with Gasteiger partial charge in [0, 0.05) is 24.5 Å². The molecule has 0 aliphatic carbocycles. The maximum atomic E-state index is 5.54. The third kappa shape index (κ3) is 2.58. The standard InChI is InChI=1S/C17H17N5O2/c1-23-17-15(18-9-10-19-17)22-11-5-8-13(22)16-20-14(21-24-16)12-6-3-2-4-7-12/h2-4,6-7,9-10,13H,5,8,11H2,1H3/t13-/m0/s1. The first-order chi connectivity index (χ1) is 11.9. The highest BCUT2D eigenvalue weighted by Crippen LogP contribution is 2.38. The van der Waals surface area contributed by atoms with Gasteiger partial charge in [-0.1, -0.05) is 35.5 Å². The van der Waals surface area contributed by atoms with Crippen molar-refractivity contribution < 1.29 is 9.26 Å². The van der Waals surface area contributed by atoms with Gasteiger partial charge >= 0.3 is 0 Å². The van der Waals surface area contributed by atoms with Gasteiger partial charge in [0.1, 0.15) is 6.04 Å². The second-order valence-electron chi connectivity index (χ2n) is 5.56. The summed E-state index contributed by atoms with van der Waals surface area (Å²) in [6.45, 7) is 0.850. The smallest absolute Gasteiger partial charge is 0.257 e. The predicted molar refractivity (Wildman–Crippen MR) is 87.6 cm³/mol. The number of rotatable bonds is 4. The third-order valence-corrected chi connectivity index (χ3v) is 4.12. The molecule has 0 spiro atoms. The summed E-state index contributed by atoms with van der Waals surface area (Å²) in [4.78, 5) is 15.4. The van der Waals surface area contributed by atoms with E-state index in [1.165, 1.54) is 0 Å². The molecule has 122 valence electrons. The van der Waals surface area contributed by atoms with Crippen LogP contribution in [0, 0.1) is 0 Å². The van der Waals surface area contributed by atoms with E-state index >= 15 is 0 Å². The van der Waals surface area contributed by atoms with Crippen LogP contribution >= 0.6 is 0 Å². The van der Waals surface area contributed by atoms with Crippen molar-refractivity contribution in [3.05, 3.63) is 48.6 Å². The van der Waals surface area contributed by atoms with E-state index in [9.17, 15) is 0 Å². The van der Waals surface area contributed by atoms with Crippen LogP contribution in [0.4, 0.5) is 5.82 Å². The molecule has 1 aliphatic heterocycles. The van der Waals surface area contributed by atoms with Crippen molar-refractivity contribution in [2.75, 3.05) is 18.6 Å². The maximum absolute atomic E-state index is 5.54. The van der Waals surface area contributed by atoms with Gasteiger partial charge in [-0.3, -0.25) is 0 Å². The topological polar surface area (TPSA) is 77.2 Å². The predicted octanol–water partition coefficient (Wildman–Crippen LogP) is 2.88. The number of hydrogen-bond acceptors (Lipinski definition) is 7. The highest BCUT2D eigenvalue weighted by Gasteiger charge is 2.33. The first-order valence-electron chi connectivity index (χ1n) is 7.87. The lowest BCUT2D eigenvalue weighted by molar-refractivity contribution is 0.352. The van der Waals surface area contributed by atoms with Crippen molar-refractivity contribution in [3.8, 4) is 17.3 Å². The zero-order chi connectivity index (χ0) is 16.4. The van der Waals surface area contributed by atoms with E-state index < -0.39 is 0 Å². The summed E-state index contributed by atoms with van der Waals surface area (Å²) in [6.07, 6.45) is 5.23. The van der Waals surface area contributed by atoms with E-state index in [1.54, 1.807) is 19.5 Å². The molecule has 1 atom stereocenters. The molecule has 1 saturated heterocycles. The summed E-state index contributed by atoms with van der Waals surface area (Å²) in [7, 11) is 1.60. The summed E-state index contributed by atoms with van der Waals surface area (Å²) < 4.78 is 10.9. The van der Waals surface area contributed by atoms with Crippen molar-refractivity contribution in [1.29, 1.82) is 0 Å². The van der Waals surface area contributed by atoms with Gasteiger partial charge in [0.2, 0.25) is 11.7 Å². The highest BCUT2D eigenvalue weighted by molar-refractivity contribution is 5.54. The lowest BCUT2D eigenvalue weighted by Gasteiger charge is -2.23. The molecular weight excluding hydrogens is 306 g/mol. The molecule has 0 N–H and O–H groups in total. The third-order valence-electron chi connectivity index (χ3n) is 4.12. The lowest BCUT2D eigenvalue weighted by Crippen LogP contribution is -2.24. The molecule has 2 aromatic heterocycles. The van der Waals surface area contributed by atoms with Crippen LogP contribution in [0.1, 0.15) is 24.8 Å². The largest absolute Gasteiger partial charge is 0.478 e.